The Balaban J connectivity index is 3.04. The lowest BCUT2D eigenvalue weighted by atomic mass is 10.5. The number of aromatic nitrogens is 1. The van der Waals surface area contributed by atoms with Crippen LogP contribution in [0.4, 0.5) is 0 Å². The van der Waals surface area contributed by atoms with Crippen molar-refractivity contribution in [1.82, 2.24) is 5.16 Å². The minimum atomic E-state index is -0.308. The highest BCUT2D eigenvalue weighted by Gasteiger charge is 1.94. The molecule has 0 aliphatic heterocycles. The minimum absolute atomic E-state index is 0.308. The zero-order valence-corrected chi connectivity index (χ0v) is 3.84. The van der Waals surface area contributed by atoms with Crippen LogP contribution in [-0.4, -0.2) is 5.16 Å². The van der Waals surface area contributed by atoms with Crippen LogP contribution in [0, 0.1) is 6.92 Å². The summed E-state index contributed by atoms with van der Waals surface area (Å²) in [5.41, 5.74) is 0. The Hall–Kier alpha value is -0.990. The topological polar surface area (TPSA) is 45.9 Å². The van der Waals surface area contributed by atoms with E-state index in [1.807, 2.05) is 0 Å². The summed E-state index contributed by atoms with van der Waals surface area (Å²) < 4.78 is 4.40. The van der Waals surface area contributed by atoms with Gasteiger partial charge in [-0.25, -0.2) is 0 Å². The molecule has 0 bridgehead atoms. The standard InChI is InChI=1S/C4H4NO2/c1-3-2-4(6)5-7-3/h2H,1H3. The third-order valence-corrected chi connectivity index (χ3v) is 0.606. The van der Waals surface area contributed by atoms with E-state index in [9.17, 15) is 5.11 Å². The molecule has 0 aromatic carbocycles. The number of rotatable bonds is 0. The Bertz CT molecular complexity index is 142. The SMILES string of the molecule is Cc1cc([O])no1. The normalized spacial score (nSPS) is 9.29. The Labute approximate surface area is 40.6 Å². The van der Waals surface area contributed by atoms with Gasteiger partial charge in [0.1, 0.15) is 5.76 Å². The van der Waals surface area contributed by atoms with Crippen LogP contribution in [0.5, 0.6) is 5.88 Å². The number of nitrogens with zero attached hydrogens (tertiary/aromatic N) is 1. The van der Waals surface area contributed by atoms with Crippen molar-refractivity contribution in [2.75, 3.05) is 0 Å². The van der Waals surface area contributed by atoms with E-state index in [0.29, 0.717) is 5.76 Å². The van der Waals surface area contributed by atoms with Crippen LogP contribution in [0.3, 0.4) is 0 Å². The van der Waals surface area contributed by atoms with Crippen molar-refractivity contribution in [1.29, 1.82) is 0 Å². The van der Waals surface area contributed by atoms with Crippen molar-refractivity contribution in [3.63, 3.8) is 0 Å². The van der Waals surface area contributed by atoms with E-state index >= 15 is 0 Å². The van der Waals surface area contributed by atoms with Crippen LogP contribution in [0.1, 0.15) is 5.76 Å². The van der Waals surface area contributed by atoms with Crippen molar-refractivity contribution in [3.05, 3.63) is 11.8 Å². The van der Waals surface area contributed by atoms with E-state index in [-0.39, 0.29) is 5.88 Å². The lowest BCUT2D eigenvalue weighted by molar-refractivity contribution is 0.292. The quantitative estimate of drug-likeness (QED) is 0.488. The summed E-state index contributed by atoms with van der Waals surface area (Å²) in [4.78, 5) is 0. The fraction of sp³-hybridized carbons (Fsp3) is 0.250. The van der Waals surface area contributed by atoms with Gasteiger partial charge in [-0.15, -0.1) is 0 Å². The van der Waals surface area contributed by atoms with Crippen LogP contribution in [0.15, 0.2) is 10.6 Å². The predicted molar refractivity (Wildman–Crippen MR) is 21.4 cm³/mol. The largest absolute Gasteiger partial charge is 0.358 e. The van der Waals surface area contributed by atoms with Gasteiger partial charge < -0.3 is 4.52 Å². The van der Waals surface area contributed by atoms with Crippen molar-refractivity contribution < 1.29 is 9.63 Å². The average Bonchev–Trinajstić information content (AvgIpc) is 1.87. The van der Waals surface area contributed by atoms with E-state index in [0.717, 1.165) is 0 Å². The molecule has 0 N–H and O–H groups in total. The predicted octanol–water partition coefficient (Wildman–Crippen LogP) is 1.13. The molecule has 37 valence electrons. The number of aryl methyl sites for hydroxylation is 1. The van der Waals surface area contributed by atoms with Gasteiger partial charge in [-0.2, -0.15) is 0 Å². The van der Waals surface area contributed by atoms with Gasteiger partial charge in [-0.05, 0) is 12.1 Å². The number of hydrogen-bond acceptors (Lipinski definition) is 2. The van der Waals surface area contributed by atoms with Gasteiger partial charge >= 0.3 is 5.88 Å². The summed E-state index contributed by atoms with van der Waals surface area (Å²) in [6.07, 6.45) is 0. The van der Waals surface area contributed by atoms with Gasteiger partial charge in [-0.1, -0.05) is 0 Å². The zero-order chi connectivity index (χ0) is 5.28. The molecule has 0 aliphatic carbocycles. The van der Waals surface area contributed by atoms with Gasteiger partial charge in [0, 0.05) is 6.07 Å². The highest BCUT2D eigenvalue weighted by molar-refractivity contribution is 5.06. The van der Waals surface area contributed by atoms with Gasteiger partial charge in [0.25, 0.3) is 0 Å². The zero-order valence-electron chi connectivity index (χ0n) is 3.84. The molecular weight excluding hydrogens is 94.0 g/mol. The van der Waals surface area contributed by atoms with Crippen LogP contribution in [0.25, 0.3) is 0 Å². The number of hydrogen-bond donors (Lipinski definition) is 0. The van der Waals surface area contributed by atoms with E-state index in [1.54, 1.807) is 6.92 Å². The first-order valence-electron chi connectivity index (χ1n) is 1.89. The molecule has 1 aromatic heterocycles. The summed E-state index contributed by atoms with van der Waals surface area (Å²) in [7, 11) is 0. The Kier molecular flexibility index (Phi) is 0.749. The maximum absolute atomic E-state index is 10.1. The summed E-state index contributed by atoms with van der Waals surface area (Å²) in [5.74, 6) is 0.252. The molecule has 0 amide bonds. The molecule has 0 spiro atoms. The smallest absolute Gasteiger partial charge is 0.308 e. The van der Waals surface area contributed by atoms with Gasteiger partial charge in [-0.3, -0.25) is 5.11 Å². The first-order valence-corrected chi connectivity index (χ1v) is 1.89. The molecule has 0 saturated heterocycles. The average molecular weight is 98.1 g/mol. The van der Waals surface area contributed by atoms with Crippen LogP contribution < -0.4 is 0 Å². The van der Waals surface area contributed by atoms with E-state index in [4.69, 9.17) is 0 Å². The van der Waals surface area contributed by atoms with Crippen LogP contribution >= 0.6 is 0 Å². The molecule has 0 aliphatic rings. The summed E-state index contributed by atoms with van der Waals surface area (Å²) in [5, 5.41) is 13.2. The summed E-state index contributed by atoms with van der Waals surface area (Å²) in [6.45, 7) is 1.67. The molecule has 7 heavy (non-hydrogen) atoms. The van der Waals surface area contributed by atoms with Gasteiger partial charge in [0.05, 0.1) is 0 Å². The maximum atomic E-state index is 10.1. The van der Waals surface area contributed by atoms with E-state index in [1.165, 1.54) is 6.07 Å². The molecule has 0 fully saturated rings. The lowest BCUT2D eigenvalue weighted by Crippen LogP contribution is -1.51. The molecule has 0 atom stereocenters. The lowest BCUT2D eigenvalue weighted by Gasteiger charge is -1.64. The third-order valence-electron chi connectivity index (χ3n) is 0.606. The van der Waals surface area contributed by atoms with Crippen molar-refractivity contribution in [3.8, 4) is 5.88 Å². The van der Waals surface area contributed by atoms with E-state index < -0.39 is 0 Å². The summed E-state index contributed by atoms with van der Waals surface area (Å²) in [6, 6.07) is 1.33. The monoisotopic (exact) mass is 98.0 g/mol. The second-order valence-corrected chi connectivity index (χ2v) is 1.28. The highest BCUT2D eigenvalue weighted by Crippen LogP contribution is 2.06. The second kappa shape index (κ2) is 1.26. The Morgan fingerprint density at radius 1 is 1.86 bits per heavy atom. The molecule has 0 saturated carbocycles. The fourth-order valence-electron chi connectivity index (χ4n) is 0.344. The van der Waals surface area contributed by atoms with E-state index in [2.05, 4.69) is 9.68 Å². The third kappa shape index (κ3) is 0.707. The molecule has 3 nitrogen and oxygen atoms in total. The van der Waals surface area contributed by atoms with Crippen LogP contribution in [0.2, 0.25) is 0 Å². The first kappa shape index (κ1) is 4.18. The molecule has 1 radical (unpaired) electrons. The second-order valence-electron chi connectivity index (χ2n) is 1.28. The Morgan fingerprint density at radius 2 is 2.57 bits per heavy atom. The first-order chi connectivity index (χ1) is 3.29. The maximum Gasteiger partial charge on any atom is 0.308 e. The minimum Gasteiger partial charge on any atom is -0.358 e. The highest BCUT2D eigenvalue weighted by atomic mass is 16.5. The van der Waals surface area contributed by atoms with Gasteiger partial charge in [0.15, 0.2) is 0 Å². The summed E-state index contributed by atoms with van der Waals surface area (Å²) >= 11 is 0. The van der Waals surface area contributed by atoms with Crippen molar-refractivity contribution in [2.45, 2.75) is 6.92 Å². The molecule has 1 aromatic rings. The molecular formula is C4H4NO2. The van der Waals surface area contributed by atoms with Gasteiger partial charge in [0.2, 0.25) is 0 Å². The molecule has 0 unspecified atom stereocenters. The van der Waals surface area contributed by atoms with Crippen molar-refractivity contribution in [2.24, 2.45) is 0 Å². The van der Waals surface area contributed by atoms with Crippen LogP contribution in [-0.2, 0) is 5.11 Å². The van der Waals surface area contributed by atoms with Crippen molar-refractivity contribution >= 4 is 0 Å². The Morgan fingerprint density at radius 3 is 2.71 bits per heavy atom. The molecule has 1 rings (SSSR count). The molecule has 3 heteroatoms. The molecule has 1 heterocycles. The fourth-order valence-corrected chi connectivity index (χ4v) is 0.344.